The largest absolute Gasteiger partial charge is 0.497 e. The van der Waals surface area contributed by atoms with Crippen molar-refractivity contribution in [3.05, 3.63) is 12.3 Å². The first-order chi connectivity index (χ1) is 7.84. The average molecular weight is 224 g/mol. The van der Waals surface area contributed by atoms with Gasteiger partial charge in [0.15, 0.2) is 0 Å². The summed E-state index contributed by atoms with van der Waals surface area (Å²) in [6, 6.07) is 0.472. The van der Waals surface area contributed by atoms with Crippen LogP contribution in [0.15, 0.2) is 12.3 Å². The Labute approximate surface area is 96.4 Å². The molecule has 0 aromatic rings. The molecular weight excluding hydrogens is 204 g/mol. The summed E-state index contributed by atoms with van der Waals surface area (Å²) in [5, 5.41) is 6.23. The molecule has 1 unspecified atom stereocenters. The van der Waals surface area contributed by atoms with Crippen LogP contribution in [0.25, 0.3) is 0 Å². The lowest BCUT2D eigenvalue weighted by atomic mass is 10.1. The van der Waals surface area contributed by atoms with Crippen LogP contribution in [0.4, 0.5) is 0 Å². The lowest BCUT2D eigenvalue weighted by Crippen LogP contribution is -2.33. The van der Waals surface area contributed by atoms with Crippen molar-refractivity contribution in [3.63, 3.8) is 0 Å². The fourth-order valence-corrected chi connectivity index (χ4v) is 1.73. The molecule has 1 aliphatic carbocycles. The molecular formula is C12H20N2O2. The molecule has 1 heterocycles. The molecule has 4 heteroatoms. The first kappa shape index (κ1) is 11.5. The first-order valence-corrected chi connectivity index (χ1v) is 6.15. The summed E-state index contributed by atoms with van der Waals surface area (Å²) in [6.07, 6.45) is 9.13. The van der Waals surface area contributed by atoms with Crippen molar-refractivity contribution in [1.82, 2.24) is 10.6 Å². The molecule has 0 radical (unpaired) electrons. The number of nitrogens with one attached hydrogen (secondary N) is 2. The second kappa shape index (κ2) is 5.89. The zero-order chi connectivity index (χ0) is 11.2. The molecule has 4 nitrogen and oxygen atoms in total. The third-order valence-electron chi connectivity index (χ3n) is 2.87. The third kappa shape index (κ3) is 4.23. The van der Waals surface area contributed by atoms with Gasteiger partial charge in [0.05, 0.1) is 6.26 Å². The van der Waals surface area contributed by atoms with E-state index < -0.39 is 0 Å². The lowest BCUT2D eigenvalue weighted by molar-refractivity contribution is -0.121. The highest BCUT2D eigenvalue weighted by atomic mass is 16.5. The van der Waals surface area contributed by atoms with Crippen LogP contribution in [0, 0.1) is 0 Å². The Morgan fingerprint density at radius 3 is 2.94 bits per heavy atom. The van der Waals surface area contributed by atoms with Gasteiger partial charge in [-0.15, -0.1) is 0 Å². The molecule has 16 heavy (non-hydrogen) atoms. The molecule has 2 rings (SSSR count). The van der Waals surface area contributed by atoms with Crippen molar-refractivity contribution < 1.29 is 9.53 Å². The minimum atomic E-state index is 0.166. The van der Waals surface area contributed by atoms with Gasteiger partial charge in [-0.2, -0.15) is 0 Å². The monoisotopic (exact) mass is 224 g/mol. The Bertz CT molecular complexity index is 262. The Morgan fingerprint density at radius 1 is 1.38 bits per heavy atom. The number of carbonyl (C=O) groups is 1. The quantitative estimate of drug-likeness (QED) is 0.660. The van der Waals surface area contributed by atoms with E-state index in [1.807, 2.05) is 6.08 Å². The predicted molar refractivity (Wildman–Crippen MR) is 61.9 cm³/mol. The highest BCUT2D eigenvalue weighted by Crippen LogP contribution is 2.18. The summed E-state index contributed by atoms with van der Waals surface area (Å²) in [5.41, 5.74) is 0. The number of hydrogen-bond donors (Lipinski definition) is 2. The summed E-state index contributed by atoms with van der Waals surface area (Å²) >= 11 is 0. The van der Waals surface area contributed by atoms with Crippen LogP contribution in [-0.4, -0.2) is 31.1 Å². The van der Waals surface area contributed by atoms with Gasteiger partial charge in [-0.1, -0.05) is 0 Å². The van der Waals surface area contributed by atoms with E-state index in [1.165, 1.54) is 0 Å². The normalized spacial score (nSPS) is 23.9. The molecule has 1 saturated carbocycles. The average Bonchev–Trinajstić information content (AvgIpc) is 3.10. The number of carbonyl (C=O) groups excluding carboxylic acids is 1. The Morgan fingerprint density at radius 2 is 2.25 bits per heavy atom. The van der Waals surface area contributed by atoms with E-state index in [0.29, 0.717) is 12.5 Å². The molecule has 2 aliphatic rings. The van der Waals surface area contributed by atoms with E-state index in [1.54, 1.807) is 6.26 Å². The van der Waals surface area contributed by atoms with E-state index in [-0.39, 0.29) is 12.0 Å². The van der Waals surface area contributed by atoms with E-state index in [4.69, 9.17) is 4.74 Å². The molecule has 2 N–H and O–H groups in total. The van der Waals surface area contributed by atoms with Gasteiger partial charge in [0.1, 0.15) is 6.10 Å². The zero-order valence-corrected chi connectivity index (χ0v) is 9.58. The van der Waals surface area contributed by atoms with Gasteiger partial charge in [-0.3, -0.25) is 4.79 Å². The standard InChI is InChI=1S/C12H20N2O2/c15-12(14-10-4-5-10)6-7-13-9-11-3-1-2-8-16-11/h2,8,10-11,13H,1,3-7,9H2,(H,14,15). The predicted octanol–water partition coefficient (Wildman–Crippen LogP) is 0.937. The van der Waals surface area contributed by atoms with Crippen LogP contribution in [-0.2, 0) is 9.53 Å². The van der Waals surface area contributed by atoms with E-state index in [0.717, 1.165) is 38.8 Å². The molecule has 0 saturated heterocycles. The molecule has 0 aromatic carbocycles. The van der Waals surface area contributed by atoms with Gasteiger partial charge in [-0.25, -0.2) is 0 Å². The van der Waals surface area contributed by atoms with Crippen LogP contribution in [0.5, 0.6) is 0 Å². The van der Waals surface area contributed by atoms with Gasteiger partial charge in [0.25, 0.3) is 0 Å². The Hall–Kier alpha value is -1.03. The zero-order valence-electron chi connectivity index (χ0n) is 9.58. The van der Waals surface area contributed by atoms with Crippen LogP contribution < -0.4 is 10.6 Å². The van der Waals surface area contributed by atoms with Crippen molar-refractivity contribution >= 4 is 5.91 Å². The summed E-state index contributed by atoms with van der Waals surface area (Å²) in [6.45, 7) is 1.57. The Balaban J connectivity index is 1.47. The maximum absolute atomic E-state index is 11.4. The molecule has 0 spiro atoms. The minimum absolute atomic E-state index is 0.166. The fourth-order valence-electron chi connectivity index (χ4n) is 1.73. The maximum atomic E-state index is 11.4. The second-order valence-corrected chi connectivity index (χ2v) is 4.50. The number of hydrogen-bond acceptors (Lipinski definition) is 3. The van der Waals surface area contributed by atoms with Crippen LogP contribution >= 0.6 is 0 Å². The smallest absolute Gasteiger partial charge is 0.221 e. The molecule has 1 aliphatic heterocycles. The molecule has 1 fully saturated rings. The summed E-state index contributed by atoms with van der Waals surface area (Å²) < 4.78 is 5.42. The van der Waals surface area contributed by atoms with Crippen molar-refractivity contribution in [1.29, 1.82) is 0 Å². The second-order valence-electron chi connectivity index (χ2n) is 4.50. The first-order valence-electron chi connectivity index (χ1n) is 6.15. The molecule has 0 aromatic heterocycles. The van der Waals surface area contributed by atoms with E-state index in [9.17, 15) is 4.79 Å². The van der Waals surface area contributed by atoms with Crippen molar-refractivity contribution in [3.8, 4) is 0 Å². The number of ether oxygens (including phenoxy) is 1. The van der Waals surface area contributed by atoms with Crippen molar-refractivity contribution in [2.24, 2.45) is 0 Å². The topological polar surface area (TPSA) is 50.4 Å². The van der Waals surface area contributed by atoms with Crippen LogP contribution in [0.1, 0.15) is 32.1 Å². The fraction of sp³-hybridized carbons (Fsp3) is 0.750. The number of rotatable bonds is 6. The highest BCUT2D eigenvalue weighted by molar-refractivity contribution is 5.76. The van der Waals surface area contributed by atoms with E-state index >= 15 is 0 Å². The minimum Gasteiger partial charge on any atom is -0.497 e. The van der Waals surface area contributed by atoms with E-state index in [2.05, 4.69) is 10.6 Å². The van der Waals surface area contributed by atoms with Gasteiger partial charge in [-0.05, 0) is 31.8 Å². The maximum Gasteiger partial charge on any atom is 0.221 e. The third-order valence-corrected chi connectivity index (χ3v) is 2.87. The lowest BCUT2D eigenvalue weighted by Gasteiger charge is -2.19. The summed E-state index contributed by atoms with van der Waals surface area (Å²) in [7, 11) is 0. The van der Waals surface area contributed by atoms with Gasteiger partial charge in [0, 0.05) is 25.6 Å². The van der Waals surface area contributed by atoms with Gasteiger partial charge < -0.3 is 15.4 Å². The molecule has 1 atom stereocenters. The summed E-state index contributed by atoms with van der Waals surface area (Å²) in [4.78, 5) is 11.4. The molecule has 90 valence electrons. The Kier molecular flexibility index (Phi) is 4.22. The molecule has 1 amide bonds. The van der Waals surface area contributed by atoms with Crippen LogP contribution in [0.2, 0.25) is 0 Å². The SMILES string of the molecule is O=C(CCNCC1CCC=CO1)NC1CC1. The number of allylic oxidation sites excluding steroid dienone is 1. The van der Waals surface area contributed by atoms with Crippen molar-refractivity contribution in [2.45, 2.75) is 44.2 Å². The van der Waals surface area contributed by atoms with Gasteiger partial charge >= 0.3 is 0 Å². The van der Waals surface area contributed by atoms with Gasteiger partial charge in [0.2, 0.25) is 5.91 Å². The highest BCUT2D eigenvalue weighted by Gasteiger charge is 2.22. The summed E-state index contributed by atoms with van der Waals surface area (Å²) in [5.74, 6) is 0.166. The van der Waals surface area contributed by atoms with Crippen LogP contribution in [0.3, 0.4) is 0 Å². The number of amides is 1. The molecule has 0 bridgehead atoms. The van der Waals surface area contributed by atoms with Crippen molar-refractivity contribution in [2.75, 3.05) is 13.1 Å².